The Bertz CT molecular complexity index is 2060. The molecule has 4 rings (SSSR count). The van der Waals surface area contributed by atoms with Crippen molar-refractivity contribution in [1.82, 2.24) is 10.6 Å². The number of sulfone groups is 1. The average Bonchev–Trinajstić information content (AvgIpc) is 3.25. The molecule has 0 aromatic heterocycles. The molecule has 0 aliphatic carbocycles. The Kier molecular flexibility index (Phi) is 15.2. The third-order valence-electron chi connectivity index (χ3n) is 9.37. The summed E-state index contributed by atoms with van der Waals surface area (Å²) in [5.74, 6) is -0.428. The van der Waals surface area contributed by atoms with Crippen molar-refractivity contribution < 1.29 is 66.1 Å². The van der Waals surface area contributed by atoms with E-state index in [4.69, 9.17) is 37.9 Å². The van der Waals surface area contributed by atoms with Gasteiger partial charge in [-0.05, 0) is 59.7 Å². The quantitative estimate of drug-likeness (QED) is 0.0826. The number of methoxy groups -OCH3 is 8. The fourth-order valence-electron chi connectivity index (χ4n) is 6.33. The monoisotopic (exact) mass is 836 g/mol. The number of hydrogen-bond acceptors (Lipinski definition) is 14. The number of hydrogen-bond donors (Lipinski definition) is 4. The molecule has 2 atom stereocenters. The van der Waals surface area contributed by atoms with Crippen molar-refractivity contribution in [3.05, 3.63) is 107 Å². The van der Waals surface area contributed by atoms with Crippen LogP contribution in [0.4, 0.5) is 0 Å². The molecule has 0 heterocycles. The molecule has 316 valence electrons. The number of carboxylic acid groups (broad SMARTS) is 2. The molecule has 4 N–H and O–H groups in total. The van der Waals surface area contributed by atoms with Crippen LogP contribution in [0.3, 0.4) is 0 Å². The van der Waals surface area contributed by atoms with E-state index < -0.39 is 44.6 Å². The van der Waals surface area contributed by atoms with Crippen LogP contribution in [-0.2, 0) is 29.2 Å². The number of carboxylic acids is 2. The highest BCUT2D eigenvalue weighted by Crippen LogP contribution is 2.46. The lowest BCUT2D eigenvalue weighted by Crippen LogP contribution is -2.61. The van der Waals surface area contributed by atoms with E-state index in [1.807, 2.05) is 0 Å². The van der Waals surface area contributed by atoms with Gasteiger partial charge in [0.15, 0.2) is 9.74 Å². The first-order valence-electron chi connectivity index (χ1n) is 17.7. The van der Waals surface area contributed by atoms with Crippen LogP contribution in [0.2, 0.25) is 0 Å². The second-order valence-electron chi connectivity index (χ2n) is 12.5. The van der Waals surface area contributed by atoms with Gasteiger partial charge in [0.1, 0.15) is 46.0 Å². The topological polar surface area (TPSA) is 207 Å². The van der Waals surface area contributed by atoms with Gasteiger partial charge in [-0.2, -0.15) is 0 Å². The van der Waals surface area contributed by atoms with Crippen LogP contribution >= 0.6 is 0 Å². The summed E-state index contributed by atoms with van der Waals surface area (Å²) < 4.78 is 77.1. The van der Waals surface area contributed by atoms with E-state index in [1.165, 1.54) is 130 Å². The summed E-state index contributed by atoms with van der Waals surface area (Å²) in [4.78, 5) is 19.9. The van der Waals surface area contributed by atoms with Crippen molar-refractivity contribution in [1.29, 1.82) is 0 Å². The first-order valence-corrected chi connectivity index (χ1v) is 19.2. The number of carbonyl (C=O) groups is 2. The molecule has 0 radical (unpaired) electrons. The van der Waals surface area contributed by atoms with E-state index >= 15 is 8.42 Å². The van der Waals surface area contributed by atoms with E-state index in [0.29, 0.717) is 23.0 Å². The molecular weight excluding hydrogens is 789 g/mol. The summed E-state index contributed by atoms with van der Waals surface area (Å²) >= 11 is 0. The Labute approximate surface area is 342 Å². The summed E-state index contributed by atoms with van der Waals surface area (Å²) in [6, 6.07) is 18.1. The number of ether oxygens (including phenoxy) is 8. The summed E-state index contributed by atoms with van der Waals surface area (Å²) in [5, 5.41) is 25.9. The summed E-state index contributed by atoms with van der Waals surface area (Å²) in [6.07, 6.45) is 5.32. The van der Waals surface area contributed by atoms with Gasteiger partial charge in [-0.1, -0.05) is 24.3 Å². The van der Waals surface area contributed by atoms with Crippen LogP contribution in [0, 0.1) is 0 Å². The third kappa shape index (κ3) is 9.49. The van der Waals surface area contributed by atoms with Crippen molar-refractivity contribution in [3.63, 3.8) is 0 Å². The molecule has 0 aliphatic rings. The van der Waals surface area contributed by atoms with Gasteiger partial charge < -0.3 is 48.1 Å². The van der Waals surface area contributed by atoms with Crippen LogP contribution in [0.5, 0.6) is 46.0 Å². The smallest absolute Gasteiger partial charge is 0.317 e. The molecule has 4 aromatic rings. The standard InChI is InChI=1S/C42H48N2O14S/c1-51-29-13-9-27(10-14-29)41(43-25-39(45)46,19-17-33-35(55-5)21-31(53-3)22-36(33)56-6)59(49,50)42(44-26-40(47)48,28-11-15-30(52-2)16-12-28)20-18-34-37(57-7)23-32(54-4)24-38(34)58-8/h9-24,43-44H,25-26H2,1-8H3,(H,45,46)(H,47,48)/b19-17+,20-18+. The van der Waals surface area contributed by atoms with Crippen LogP contribution < -0.4 is 48.5 Å². The van der Waals surface area contributed by atoms with E-state index in [-0.39, 0.29) is 45.3 Å². The Hall–Kier alpha value is -6.43. The molecule has 0 saturated heterocycles. The summed E-state index contributed by atoms with van der Waals surface area (Å²) in [6.45, 7) is -1.79. The number of aliphatic carboxylic acids is 2. The molecule has 0 fully saturated rings. The minimum Gasteiger partial charge on any atom is -0.497 e. The Balaban J connectivity index is 2.27. The number of rotatable bonds is 22. The van der Waals surface area contributed by atoms with Crippen LogP contribution in [0.1, 0.15) is 22.3 Å². The molecule has 16 nitrogen and oxygen atoms in total. The second-order valence-corrected chi connectivity index (χ2v) is 14.8. The van der Waals surface area contributed by atoms with Gasteiger partial charge in [0, 0.05) is 24.3 Å². The fourth-order valence-corrected chi connectivity index (χ4v) is 8.75. The molecule has 17 heteroatoms. The van der Waals surface area contributed by atoms with Crippen molar-refractivity contribution in [2.75, 3.05) is 70.0 Å². The van der Waals surface area contributed by atoms with Crippen LogP contribution in [0.15, 0.2) is 84.9 Å². The highest BCUT2D eigenvalue weighted by molar-refractivity contribution is 7.93. The van der Waals surface area contributed by atoms with Crippen molar-refractivity contribution in [3.8, 4) is 46.0 Å². The predicted octanol–water partition coefficient (Wildman–Crippen LogP) is 4.95. The van der Waals surface area contributed by atoms with E-state index in [0.717, 1.165) is 0 Å². The van der Waals surface area contributed by atoms with Gasteiger partial charge in [-0.15, -0.1) is 0 Å². The van der Waals surface area contributed by atoms with Gasteiger partial charge in [-0.3, -0.25) is 20.2 Å². The highest BCUT2D eigenvalue weighted by Gasteiger charge is 2.56. The van der Waals surface area contributed by atoms with Crippen LogP contribution in [0.25, 0.3) is 12.2 Å². The number of benzene rings is 4. The second kappa shape index (κ2) is 19.8. The average molecular weight is 837 g/mol. The Morgan fingerprint density at radius 2 is 0.797 bits per heavy atom. The molecule has 2 unspecified atom stereocenters. The molecule has 4 aromatic carbocycles. The van der Waals surface area contributed by atoms with Gasteiger partial charge in [0.25, 0.3) is 0 Å². The molecule has 59 heavy (non-hydrogen) atoms. The van der Waals surface area contributed by atoms with Gasteiger partial charge in [0.05, 0.1) is 81.1 Å². The number of nitrogens with one attached hydrogen (secondary N) is 2. The van der Waals surface area contributed by atoms with E-state index in [1.54, 1.807) is 24.3 Å². The van der Waals surface area contributed by atoms with Gasteiger partial charge in [-0.25, -0.2) is 8.42 Å². The van der Waals surface area contributed by atoms with E-state index in [2.05, 4.69) is 10.6 Å². The summed E-state index contributed by atoms with van der Waals surface area (Å²) in [7, 11) is 6.19. The SMILES string of the molecule is COc1ccc(C(/C=C/c2c(OC)cc(OC)cc2OC)(NCC(=O)O)S(=O)(=O)C(/C=C/c2c(OC)cc(OC)cc2OC)(NCC(=O)O)c2ccc(OC)cc2)cc1. The minimum absolute atomic E-state index is 0.0188. The Morgan fingerprint density at radius 3 is 1.03 bits per heavy atom. The van der Waals surface area contributed by atoms with Crippen molar-refractivity contribution in [2.45, 2.75) is 9.74 Å². The lowest BCUT2D eigenvalue weighted by Gasteiger charge is -2.42. The lowest BCUT2D eigenvalue weighted by atomic mass is 10.0. The normalized spacial score (nSPS) is 13.6. The summed E-state index contributed by atoms with van der Waals surface area (Å²) in [5.41, 5.74) is 0.561. The molecule has 0 saturated carbocycles. The third-order valence-corrected chi connectivity index (χ3v) is 12.1. The zero-order chi connectivity index (χ0) is 43.4. The maximum absolute atomic E-state index is 16.4. The molecule has 0 bridgehead atoms. The predicted molar refractivity (Wildman–Crippen MR) is 220 cm³/mol. The molecule has 0 amide bonds. The van der Waals surface area contributed by atoms with Gasteiger partial charge in [0.2, 0.25) is 9.84 Å². The first kappa shape index (κ1) is 45.3. The maximum Gasteiger partial charge on any atom is 0.317 e. The zero-order valence-electron chi connectivity index (χ0n) is 33.9. The largest absolute Gasteiger partial charge is 0.497 e. The van der Waals surface area contributed by atoms with Gasteiger partial charge >= 0.3 is 11.9 Å². The van der Waals surface area contributed by atoms with E-state index in [9.17, 15) is 19.8 Å². The first-order chi connectivity index (χ1) is 28.2. The maximum atomic E-state index is 16.4. The molecular formula is C42H48N2O14S. The highest BCUT2D eigenvalue weighted by atomic mass is 32.2. The molecule has 0 aliphatic heterocycles. The zero-order valence-corrected chi connectivity index (χ0v) is 34.7. The lowest BCUT2D eigenvalue weighted by molar-refractivity contribution is -0.137. The Morgan fingerprint density at radius 1 is 0.508 bits per heavy atom. The van der Waals surface area contributed by atoms with Crippen LogP contribution in [-0.4, -0.2) is 101 Å². The minimum atomic E-state index is -5.18. The van der Waals surface area contributed by atoms with Crippen molar-refractivity contribution >= 4 is 33.9 Å². The fraction of sp³-hybridized carbons (Fsp3) is 0.286. The molecule has 0 spiro atoms. The van der Waals surface area contributed by atoms with Crippen molar-refractivity contribution in [2.24, 2.45) is 0 Å².